The lowest BCUT2D eigenvalue weighted by atomic mass is 10.1. The summed E-state index contributed by atoms with van der Waals surface area (Å²) in [5.74, 6) is 0.848. The Balaban J connectivity index is 2.27. The van der Waals surface area contributed by atoms with Crippen molar-refractivity contribution in [3.8, 4) is 11.5 Å². The molecule has 1 fully saturated rings. The predicted molar refractivity (Wildman–Crippen MR) is 89.5 cm³/mol. The Morgan fingerprint density at radius 1 is 1.21 bits per heavy atom. The first-order chi connectivity index (χ1) is 11.4. The van der Waals surface area contributed by atoms with E-state index in [1.807, 2.05) is 0 Å². The second kappa shape index (κ2) is 7.85. The molecule has 0 radical (unpaired) electrons. The minimum atomic E-state index is -3.08. The van der Waals surface area contributed by atoms with Gasteiger partial charge in [0.15, 0.2) is 21.3 Å². The molecule has 24 heavy (non-hydrogen) atoms. The summed E-state index contributed by atoms with van der Waals surface area (Å²) in [5, 5.41) is 0. The molecule has 1 aliphatic heterocycles. The summed E-state index contributed by atoms with van der Waals surface area (Å²) in [6.07, 6.45) is 0.449. The molecule has 2 rings (SSSR count). The lowest BCUT2D eigenvalue weighted by Crippen LogP contribution is -2.43. The first-order valence-electron chi connectivity index (χ1n) is 7.64. The minimum Gasteiger partial charge on any atom is -0.493 e. The molecule has 0 aromatic heterocycles. The highest BCUT2D eigenvalue weighted by Crippen LogP contribution is 2.29. The molecule has 134 valence electrons. The normalized spacial score (nSPS) is 19.0. The highest BCUT2D eigenvalue weighted by Gasteiger charge is 2.35. The third-order valence-corrected chi connectivity index (χ3v) is 5.83. The van der Waals surface area contributed by atoms with Gasteiger partial charge in [-0.05, 0) is 24.6 Å². The van der Waals surface area contributed by atoms with E-state index in [1.54, 1.807) is 30.2 Å². The van der Waals surface area contributed by atoms with Crippen LogP contribution in [0.1, 0.15) is 16.8 Å². The number of carbonyl (C=O) groups is 1. The fraction of sp³-hybridized carbons (Fsp3) is 0.562. The molecule has 1 amide bonds. The molecule has 0 N–H and O–H groups in total. The Kier molecular flexibility index (Phi) is 6.06. The van der Waals surface area contributed by atoms with E-state index in [4.69, 9.17) is 14.2 Å². The van der Waals surface area contributed by atoms with E-state index in [9.17, 15) is 13.2 Å². The molecular weight excluding hydrogens is 334 g/mol. The van der Waals surface area contributed by atoms with E-state index >= 15 is 0 Å². The number of sulfone groups is 1. The van der Waals surface area contributed by atoms with Gasteiger partial charge >= 0.3 is 0 Å². The molecule has 0 aliphatic carbocycles. The highest BCUT2D eigenvalue weighted by molar-refractivity contribution is 7.91. The highest BCUT2D eigenvalue weighted by atomic mass is 32.2. The van der Waals surface area contributed by atoms with Crippen LogP contribution in [0, 0.1) is 0 Å². The Morgan fingerprint density at radius 3 is 2.46 bits per heavy atom. The van der Waals surface area contributed by atoms with E-state index in [2.05, 4.69) is 0 Å². The summed E-state index contributed by atoms with van der Waals surface area (Å²) < 4.78 is 39.0. The van der Waals surface area contributed by atoms with Gasteiger partial charge in [-0.2, -0.15) is 0 Å². The number of ether oxygens (including phenoxy) is 3. The van der Waals surface area contributed by atoms with E-state index in [0.717, 1.165) is 0 Å². The van der Waals surface area contributed by atoms with Crippen LogP contribution in [-0.2, 0) is 14.6 Å². The third kappa shape index (κ3) is 4.18. The summed E-state index contributed by atoms with van der Waals surface area (Å²) in [6, 6.07) is 4.58. The van der Waals surface area contributed by atoms with Crippen LogP contribution in [0.4, 0.5) is 0 Å². The van der Waals surface area contributed by atoms with Crippen LogP contribution in [-0.4, -0.2) is 71.3 Å². The van der Waals surface area contributed by atoms with E-state index < -0.39 is 9.84 Å². The molecule has 0 saturated carbocycles. The van der Waals surface area contributed by atoms with E-state index in [-0.39, 0.29) is 23.5 Å². The van der Waals surface area contributed by atoms with Gasteiger partial charge in [0.05, 0.1) is 32.3 Å². The van der Waals surface area contributed by atoms with Crippen molar-refractivity contribution < 1.29 is 27.4 Å². The number of carbonyl (C=O) groups excluding carboxylic acids is 1. The van der Waals surface area contributed by atoms with Gasteiger partial charge in [0, 0.05) is 25.3 Å². The van der Waals surface area contributed by atoms with Crippen LogP contribution in [0.15, 0.2) is 18.2 Å². The molecule has 1 saturated heterocycles. The van der Waals surface area contributed by atoms with Crippen molar-refractivity contribution in [2.45, 2.75) is 12.5 Å². The monoisotopic (exact) mass is 357 g/mol. The standard InChI is InChI=1S/C16H23NO6S/c1-21-8-7-17(13-6-9-24(19,20)11-13)16(18)12-4-5-14(22-2)15(10-12)23-3/h4-5,10,13H,6-9,11H2,1-3H3. The van der Waals surface area contributed by atoms with Crippen LogP contribution in [0.5, 0.6) is 11.5 Å². The molecule has 8 heteroatoms. The smallest absolute Gasteiger partial charge is 0.254 e. The van der Waals surface area contributed by atoms with Crippen molar-refractivity contribution in [3.63, 3.8) is 0 Å². The largest absolute Gasteiger partial charge is 0.493 e. The quantitative estimate of drug-likeness (QED) is 0.723. The number of hydrogen-bond donors (Lipinski definition) is 0. The maximum atomic E-state index is 12.9. The molecule has 0 bridgehead atoms. The SMILES string of the molecule is COCCN(C(=O)c1ccc(OC)c(OC)c1)C1CCS(=O)(=O)C1. The van der Waals surface area contributed by atoms with Crippen molar-refractivity contribution in [3.05, 3.63) is 23.8 Å². The lowest BCUT2D eigenvalue weighted by Gasteiger charge is -2.28. The summed E-state index contributed by atoms with van der Waals surface area (Å²) in [5.41, 5.74) is 0.424. The molecule has 1 aliphatic rings. The van der Waals surface area contributed by atoms with E-state index in [0.29, 0.717) is 36.6 Å². The van der Waals surface area contributed by atoms with Crippen molar-refractivity contribution in [1.29, 1.82) is 0 Å². The van der Waals surface area contributed by atoms with Gasteiger partial charge in [0.2, 0.25) is 0 Å². The van der Waals surface area contributed by atoms with Gasteiger partial charge in [-0.3, -0.25) is 4.79 Å². The Labute approximate surface area is 142 Å². The zero-order valence-corrected chi connectivity index (χ0v) is 15.0. The molecular formula is C16H23NO6S. The zero-order valence-electron chi connectivity index (χ0n) is 14.1. The Hall–Kier alpha value is -1.80. The van der Waals surface area contributed by atoms with Crippen molar-refractivity contribution in [2.24, 2.45) is 0 Å². The molecule has 1 unspecified atom stereocenters. The summed E-state index contributed by atoms with van der Waals surface area (Å²) in [7, 11) is 1.48. The number of methoxy groups -OCH3 is 3. The van der Waals surface area contributed by atoms with Crippen molar-refractivity contribution in [2.75, 3.05) is 46.0 Å². The van der Waals surface area contributed by atoms with E-state index in [1.165, 1.54) is 14.2 Å². The average Bonchev–Trinajstić information content (AvgIpc) is 2.94. The van der Waals surface area contributed by atoms with Gasteiger partial charge in [-0.1, -0.05) is 0 Å². The van der Waals surface area contributed by atoms with Gasteiger partial charge in [-0.25, -0.2) is 8.42 Å². The van der Waals surface area contributed by atoms with Gasteiger partial charge in [0.25, 0.3) is 5.91 Å². The molecule has 7 nitrogen and oxygen atoms in total. The Morgan fingerprint density at radius 2 is 1.92 bits per heavy atom. The number of benzene rings is 1. The van der Waals surface area contributed by atoms with Crippen LogP contribution in [0.25, 0.3) is 0 Å². The molecule has 1 atom stereocenters. The maximum Gasteiger partial charge on any atom is 0.254 e. The van der Waals surface area contributed by atoms with Crippen LogP contribution in [0.2, 0.25) is 0 Å². The summed E-state index contributed by atoms with van der Waals surface area (Å²) >= 11 is 0. The maximum absolute atomic E-state index is 12.9. The average molecular weight is 357 g/mol. The first-order valence-corrected chi connectivity index (χ1v) is 9.46. The molecule has 1 heterocycles. The second-order valence-electron chi connectivity index (χ2n) is 5.62. The minimum absolute atomic E-state index is 0.00422. The topological polar surface area (TPSA) is 82.1 Å². The molecule has 0 spiro atoms. The third-order valence-electron chi connectivity index (χ3n) is 4.08. The summed E-state index contributed by atoms with van der Waals surface area (Å²) in [4.78, 5) is 14.5. The zero-order chi connectivity index (χ0) is 17.7. The Bertz CT molecular complexity index is 688. The molecule has 1 aromatic rings. The van der Waals surface area contributed by atoms with Crippen LogP contribution < -0.4 is 9.47 Å². The van der Waals surface area contributed by atoms with Gasteiger partial charge in [-0.15, -0.1) is 0 Å². The lowest BCUT2D eigenvalue weighted by molar-refractivity contribution is 0.0624. The fourth-order valence-corrected chi connectivity index (χ4v) is 4.53. The summed E-state index contributed by atoms with van der Waals surface area (Å²) in [6.45, 7) is 0.680. The fourth-order valence-electron chi connectivity index (χ4n) is 2.80. The van der Waals surface area contributed by atoms with Crippen molar-refractivity contribution >= 4 is 15.7 Å². The first kappa shape index (κ1) is 18.5. The van der Waals surface area contributed by atoms with Gasteiger partial charge in [0.1, 0.15) is 0 Å². The number of nitrogens with zero attached hydrogens (tertiary/aromatic N) is 1. The second-order valence-corrected chi connectivity index (χ2v) is 7.85. The number of rotatable bonds is 7. The van der Waals surface area contributed by atoms with Crippen LogP contribution in [0.3, 0.4) is 0 Å². The predicted octanol–water partition coefficient (Wildman–Crippen LogP) is 0.980. The number of hydrogen-bond acceptors (Lipinski definition) is 6. The van der Waals surface area contributed by atoms with Crippen LogP contribution >= 0.6 is 0 Å². The number of amides is 1. The molecule has 1 aromatic carbocycles. The van der Waals surface area contributed by atoms with Crippen molar-refractivity contribution in [1.82, 2.24) is 4.90 Å². The van der Waals surface area contributed by atoms with Gasteiger partial charge < -0.3 is 19.1 Å².